The van der Waals surface area contributed by atoms with Gasteiger partial charge in [-0.15, -0.1) is 11.3 Å². The first kappa shape index (κ1) is 19.2. The summed E-state index contributed by atoms with van der Waals surface area (Å²) in [4.78, 5) is 29.0. The summed E-state index contributed by atoms with van der Waals surface area (Å²) in [6.07, 6.45) is 3.90. The van der Waals surface area contributed by atoms with Crippen molar-refractivity contribution in [2.45, 2.75) is 32.1 Å². The molecule has 1 heterocycles. The number of carboxylic acids is 1. The molecule has 0 saturated heterocycles. The van der Waals surface area contributed by atoms with Gasteiger partial charge < -0.3 is 5.11 Å². The van der Waals surface area contributed by atoms with E-state index in [0.29, 0.717) is 18.2 Å². The van der Waals surface area contributed by atoms with E-state index in [1.54, 1.807) is 5.38 Å². The number of aromatic nitrogens is 1. The highest BCUT2D eigenvalue weighted by atomic mass is 32.1. The number of carboxylic acid groups (broad SMARTS) is 1. The summed E-state index contributed by atoms with van der Waals surface area (Å²) in [5, 5.41) is 13.3. The van der Waals surface area contributed by atoms with Crippen molar-refractivity contribution in [3.05, 3.63) is 40.9 Å². The van der Waals surface area contributed by atoms with E-state index in [9.17, 15) is 18.4 Å². The molecule has 1 fully saturated rings. The summed E-state index contributed by atoms with van der Waals surface area (Å²) in [6, 6.07) is 2.85. The Hall–Kier alpha value is -2.55. The first-order chi connectivity index (χ1) is 12.9. The molecule has 1 saturated carbocycles. The maximum Gasteiger partial charge on any atom is 0.328 e. The molecule has 0 bridgehead atoms. The molecule has 144 valence electrons. The van der Waals surface area contributed by atoms with Gasteiger partial charge in [0.05, 0.1) is 12.1 Å². The maximum atomic E-state index is 13.7. The Kier molecular flexibility index (Phi) is 6.00. The van der Waals surface area contributed by atoms with Gasteiger partial charge >= 0.3 is 12.0 Å². The molecule has 0 unspecified atom stereocenters. The molecular formula is C18H19F2N3O3S. The molecule has 3 rings (SSSR count). The minimum Gasteiger partial charge on any atom is -0.481 e. The molecule has 2 aromatic rings. The minimum absolute atomic E-state index is 0.235. The van der Waals surface area contributed by atoms with Gasteiger partial charge in [-0.25, -0.2) is 18.6 Å². The molecule has 1 aliphatic carbocycles. The van der Waals surface area contributed by atoms with E-state index >= 15 is 0 Å². The second kappa shape index (κ2) is 8.43. The van der Waals surface area contributed by atoms with Gasteiger partial charge in [-0.05, 0) is 30.9 Å². The van der Waals surface area contributed by atoms with Crippen LogP contribution in [-0.2, 0) is 11.2 Å². The first-order valence-corrected chi connectivity index (χ1v) is 9.50. The lowest BCUT2D eigenvalue weighted by atomic mass is 10.1. The van der Waals surface area contributed by atoms with Gasteiger partial charge in [0.1, 0.15) is 0 Å². The molecule has 2 N–H and O–H groups in total. The zero-order valence-electron chi connectivity index (χ0n) is 14.5. The summed E-state index contributed by atoms with van der Waals surface area (Å²) in [6.45, 7) is 0.393. The number of nitrogens with zero attached hydrogens (tertiary/aromatic N) is 2. The standard InChI is InChI=1S/C18H19F2N3O3S/c19-14-6-5-13(8-15(14)20)23(9-11-3-1-2-4-11)18(26)22-17-21-12(10-27-17)7-16(24)25/h5-6,8,10-11H,1-4,7,9H2,(H,24,25)(H,21,22,26). The van der Waals surface area contributed by atoms with Crippen LogP contribution in [-0.4, -0.2) is 28.6 Å². The van der Waals surface area contributed by atoms with E-state index in [1.165, 1.54) is 11.0 Å². The van der Waals surface area contributed by atoms with E-state index in [4.69, 9.17) is 5.11 Å². The van der Waals surface area contributed by atoms with Crippen LogP contribution in [0.25, 0.3) is 0 Å². The third-order valence-electron chi connectivity index (χ3n) is 4.47. The van der Waals surface area contributed by atoms with Crippen molar-refractivity contribution in [2.24, 2.45) is 5.92 Å². The van der Waals surface area contributed by atoms with E-state index < -0.39 is 23.6 Å². The predicted octanol–water partition coefficient (Wildman–Crippen LogP) is 4.28. The molecule has 0 aliphatic heterocycles. The Morgan fingerprint density at radius 2 is 2.00 bits per heavy atom. The smallest absolute Gasteiger partial charge is 0.328 e. The van der Waals surface area contributed by atoms with Crippen LogP contribution in [0.15, 0.2) is 23.6 Å². The Morgan fingerprint density at radius 3 is 2.67 bits per heavy atom. The molecular weight excluding hydrogens is 376 g/mol. The van der Waals surface area contributed by atoms with Crippen LogP contribution in [0.3, 0.4) is 0 Å². The van der Waals surface area contributed by atoms with E-state index in [2.05, 4.69) is 10.3 Å². The van der Waals surface area contributed by atoms with Gasteiger partial charge in [-0.2, -0.15) is 0 Å². The highest BCUT2D eigenvalue weighted by Crippen LogP contribution is 2.29. The number of hydrogen-bond donors (Lipinski definition) is 2. The number of rotatable bonds is 6. The molecule has 0 atom stereocenters. The number of aliphatic carboxylic acids is 1. The van der Waals surface area contributed by atoms with E-state index in [-0.39, 0.29) is 17.2 Å². The lowest BCUT2D eigenvalue weighted by Gasteiger charge is -2.25. The van der Waals surface area contributed by atoms with Crippen LogP contribution >= 0.6 is 11.3 Å². The summed E-state index contributed by atoms with van der Waals surface area (Å²) < 4.78 is 26.9. The largest absolute Gasteiger partial charge is 0.481 e. The van der Waals surface area contributed by atoms with Crippen molar-refractivity contribution >= 4 is 34.2 Å². The average molecular weight is 395 g/mol. The number of halogens is 2. The molecule has 1 aromatic carbocycles. The molecule has 6 nitrogen and oxygen atoms in total. The summed E-state index contributed by atoms with van der Waals surface area (Å²) in [5.41, 5.74) is 0.610. The number of anilines is 2. The SMILES string of the molecule is O=C(O)Cc1csc(NC(=O)N(CC2CCCC2)c2ccc(F)c(F)c2)n1. The topological polar surface area (TPSA) is 82.5 Å². The monoisotopic (exact) mass is 395 g/mol. The number of carbonyl (C=O) groups excluding carboxylic acids is 1. The minimum atomic E-state index is -1.02. The highest BCUT2D eigenvalue weighted by Gasteiger charge is 2.24. The zero-order valence-corrected chi connectivity index (χ0v) is 15.3. The van der Waals surface area contributed by atoms with Crippen molar-refractivity contribution in [3.8, 4) is 0 Å². The van der Waals surface area contributed by atoms with Gasteiger partial charge in [-0.3, -0.25) is 15.0 Å². The van der Waals surface area contributed by atoms with Gasteiger partial charge in [0.25, 0.3) is 0 Å². The van der Waals surface area contributed by atoms with Crippen LogP contribution in [0, 0.1) is 17.6 Å². The second-order valence-corrected chi connectivity index (χ2v) is 7.36. The molecule has 0 spiro atoms. The van der Waals surface area contributed by atoms with Crippen molar-refractivity contribution in [1.82, 2.24) is 4.98 Å². The van der Waals surface area contributed by atoms with Crippen LogP contribution < -0.4 is 10.2 Å². The maximum absolute atomic E-state index is 13.7. The highest BCUT2D eigenvalue weighted by molar-refractivity contribution is 7.14. The van der Waals surface area contributed by atoms with Crippen LogP contribution in [0.4, 0.5) is 24.4 Å². The number of amides is 2. The average Bonchev–Trinajstić information content (AvgIpc) is 3.27. The fourth-order valence-corrected chi connectivity index (χ4v) is 3.87. The van der Waals surface area contributed by atoms with E-state index in [0.717, 1.165) is 49.2 Å². The fraction of sp³-hybridized carbons (Fsp3) is 0.389. The second-order valence-electron chi connectivity index (χ2n) is 6.50. The number of hydrogen-bond acceptors (Lipinski definition) is 4. The van der Waals surface area contributed by atoms with Gasteiger partial charge in [-0.1, -0.05) is 12.8 Å². The lowest BCUT2D eigenvalue weighted by molar-refractivity contribution is -0.136. The van der Waals surface area contributed by atoms with Gasteiger partial charge in [0.15, 0.2) is 16.8 Å². The Morgan fingerprint density at radius 1 is 1.26 bits per heavy atom. The molecule has 2 amide bonds. The fourth-order valence-electron chi connectivity index (χ4n) is 3.17. The first-order valence-electron chi connectivity index (χ1n) is 8.62. The van der Waals surface area contributed by atoms with Crippen molar-refractivity contribution in [2.75, 3.05) is 16.8 Å². The molecule has 27 heavy (non-hydrogen) atoms. The summed E-state index contributed by atoms with van der Waals surface area (Å²) >= 11 is 1.11. The Labute approximate surface area is 158 Å². The predicted molar refractivity (Wildman–Crippen MR) is 98.1 cm³/mol. The third-order valence-corrected chi connectivity index (χ3v) is 5.28. The van der Waals surface area contributed by atoms with Crippen LogP contribution in [0.2, 0.25) is 0 Å². The summed E-state index contributed by atoms with van der Waals surface area (Å²) in [5.74, 6) is -2.71. The summed E-state index contributed by atoms with van der Waals surface area (Å²) in [7, 11) is 0. The Balaban J connectivity index is 1.78. The van der Waals surface area contributed by atoms with Gasteiger partial charge in [0, 0.05) is 23.7 Å². The number of thiazole rings is 1. The van der Waals surface area contributed by atoms with E-state index in [1.807, 2.05) is 0 Å². The van der Waals surface area contributed by atoms with Crippen molar-refractivity contribution in [1.29, 1.82) is 0 Å². The molecule has 9 heteroatoms. The normalized spacial score (nSPS) is 14.3. The van der Waals surface area contributed by atoms with Crippen LogP contribution in [0.5, 0.6) is 0 Å². The number of benzene rings is 1. The zero-order chi connectivity index (χ0) is 19.4. The van der Waals surface area contributed by atoms with Crippen LogP contribution in [0.1, 0.15) is 31.4 Å². The van der Waals surface area contributed by atoms with Crippen molar-refractivity contribution < 1.29 is 23.5 Å². The molecule has 0 radical (unpaired) electrons. The number of carbonyl (C=O) groups is 2. The number of nitrogens with one attached hydrogen (secondary N) is 1. The molecule has 1 aliphatic rings. The Bertz CT molecular complexity index is 837. The quantitative estimate of drug-likeness (QED) is 0.765. The number of urea groups is 1. The third kappa shape index (κ3) is 5.00. The van der Waals surface area contributed by atoms with Crippen molar-refractivity contribution in [3.63, 3.8) is 0 Å². The van der Waals surface area contributed by atoms with Gasteiger partial charge in [0.2, 0.25) is 0 Å². The lowest BCUT2D eigenvalue weighted by Crippen LogP contribution is -2.38. The molecule has 1 aromatic heterocycles.